The lowest BCUT2D eigenvalue weighted by atomic mass is 9.95. The SMILES string of the molecule is CCOC(=O)C1=C(C)Nc2nc(SCC)nn2C1c1ccc(OCc2c(F)cccc2Cl)c(OC)c1. The fourth-order valence-corrected chi connectivity index (χ4v) is 4.67. The van der Waals surface area contributed by atoms with Crippen molar-refractivity contribution in [2.24, 2.45) is 0 Å². The highest BCUT2D eigenvalue weighted by molar-refractivity contribution is 7.99. The van der Waals surface area contributed by atoms with Crippen molar-refractivity contribution in [3.8, 4) is 11.5 Å². The summed E-state index contributed by atoms with van der Waals surface area (Å²) in [5.74, 6) is 1.23. The Labute approximate surface area is 217 Å². The van der Waals surface area contributed by atoms with E-state index in [1.165, 1.54) is 31.0 Å². The second kappa shape index (κ2) is 11.2. The number of ether oxygens (including phenoxy) is 3. The van der Waals surface area contributed by atoms with Gasteiger partial charge in [-0.3, -0.25) is 0 Å². The highest BCUT2D eigenvalue weighted by atomic mass is 35.5. The smallest absolute Gasteiger partial charge is 0.338 e. The highest BCUT2D eigenvalue weighted by Crippen LogP contribution is 2.40. The van der Waals surface area contributed by atoms with E-state index in [-0.39, 0.29) is 23.8 Å². The summed E-state index contributed by atoms with van der Waals surface area (Å²) >= 11 is 7.63. The molecule has 0 saturated heterocycles. The number of esters is 1. The monoisotopic (exact) mass is 532 g/mol. The van der Waals surface area contributed by atoms with Crippen LogP contribution >= 0.6 is 23.4 Å². The predicted molar refractivity (Wildman–Crippen MR) is 136 cm³/mol. The number of benzene rings is 2. The van der Waals surface area contributed by atoms with Gasteiger partial charge in [-0.15, -0.1) is 5.10 Å². The molecule has 0 saturated carbocycles. The first-order valence-corrected chi connectivity index (χ1v) is 12.7. The number of nitrogens with one attached hydrogen (secondary N) is 1. The fourth-order valence-electron chi connectivity index (χ4n) is 3.90. The minimum Gasteiger partial charge on any atom is -0.493 e. The number of fused-ring (bicyclic) bond motifs is 1. The number of halogens is 2. The Morgan fingerprint density at radius 3 is 2.75 bits per heavy atom. The molecule has 2 heterocycles. The number of rotatable bonds is 9. The standard InChI is InChI=1S/C25H26ClFN4O4S/c1-5-34-23(32)21-14(3)28-24-29-25(36-6-2)30-31(24)22(21)15-10-11-19(20(12-15)33-4)35-13-16-17(26)8-7-9-18(16)27/h7-12,22H,5-6,13H2,1-4H3,(H,28,29,30). The zero-order valence-electron chi connectivity index (χ0n) is 20.3. The second-order valence-electron chi connectivity index (χ2n) is 7.78. The van der Waals surface area contributed by atoms with Gasteiger partial charge in [0.1, 0.15) is 18.5 Å². The molecule has 1 aliphatic heterocycles. The summed E-state index contributed by atoms with van der Waals surface area (Å²) in [5, 5.41) is 8.67. The van der Waals surface area contributed by atoms with Crippen LogP contribution in [0.25, 0.3) is 0 Å². The number of methoxy groups -OCH3 is 1. The van der Waals surface area contributed by atoms with E-state index >= 15 is 0 Å². The minimum absolute atomic E-state index is 0.0769. The van der Waals surface area contributed by atoms with Crippen LogP contribution in [0.2, 0.25) is 5.02 Å². The third kappa shape index (κ3) is 5.15. The second-order valence-corrected chi connectivity index (χ2v) is 9.42. The maximum Gasteiger partial charge on any atom is 0.338 e. The Balaban J connectivity index is 1.73. The summed E-state index contributed by atoms with van der Waals surface area (Å²) in [6, 6.07) is 9.14. The molecule has 0 spiro atoms. The Morgan fingerprint density at radius 1 is 1.25 bits per heavy atom. The van der Waals surface area contributed by atoms with Gasteiger partial charge in [0.2, 0.25) is 11.1 Å². The van der Waals surface area contributed by atoms with Crippen LogP contribution in [0.3, 0.4) is 0 Å². The van der Waals surface area contributed by atoms with Gasteiger partial charge in [0.25, 0.3) is 0 Å². The maximum absolute atomic E-state index is 14.2. The first kappa shape index (κ1) is 25.8. The molecule has 1 unspecified atom stereocenters. The largest absolute Gasteiger partial charge is 0.493 e. The first-order valence-electron chi connectivity index (χ1n) is 11.4. The number of carbonyl (C=O) groups is 1. The Morgan fingerprint density at radius 2 is 2.06 bits per heavy atom. The molecule has 36 heavy (non-hydrogen) atoms. The predicted octanol–water partition coefficient (Wildman–Crippen LogP) is 5.62. The molecule has 2 aromatic carbocycles. The van der Waals surface area contributed by atoms with Crippen molar-refractivity contribution in [1.29, 1.82) is 0 Å². The lowest BCUT2D eigenvalue weighted by molar-refractivity contribution is -0.139. The van der Waals surface area contributed by atoms with Gasteiger partial charge in [0.05, 0.1) is 24.3 Å². The number of carbonyl (C=O) groups excluding carboxylic acids is 1. The van der Waals surface area contributed by atoms with Crippen molar-refractivity contribution in [2.75, 3.05) is 24.8 Å². The van der Waals surface area contributed by atoms with Crippen molar-refractivity contribution >= 4 is 35.3 Å². The highest BCUT2D eigenvalue weighted by Gasteiger charge is 2.35. The Bertz CT molecular complexity index is 1290. The van der Waals surface area contributed by atoms with Gasteiger partial charge in [-0.05, 0) is 49.4 Å². The van der Waals surface area contributed by atoms with Crippen molar-refractivity contribution in [3.63, 3.8) is 0 Å². The topological polar surface area (TPSA) is 87.5 Å². The van der Waals surface area contributed by atoms with Crippen LogP contribution in [0, 0.1) is 5.82 Å². The van der Waals surface area contributed by atoms with Crippen LogP contribution in [0.4, 0.5) is 10.3 Å². The van der Waals surface area contributed by atoms with E-state index in [0.717, 1.165) is 5.75 Å². The van der Waals surface area contributed by atoms with Crippen molar-refractivity contribution in [1.82, 2.24) is 14.8 Å². The van der Waals surface area contributed by atoms with Crippen LogP contribution in [0.5, 0.6) is 11.5 Å². The average molecular weight is 533 g/mol. The van der Waals surface area contributed by atoms with E-state index in [0.29, 0.717) is 39.4 Å². The molecule has 0 fully saturated rings. The molecule has 1 N–H and O–H groups in total. The zero-order chi connectivity index (χ0) is 25.8. The zero-order valence-corrected chi connectivity index (χ0v) is 21.9. The molecule has 0 bridgehead atoms. The van der Waals surface area contributed by atoms with Gasteiger partial charge in [-0.25, -0.2) is 13.9 Å². The van der Waals surface area contributed by atoms with Crippen molar-refractivity contribution < 1.29 is 23.4 Å². The third-order valence-corrected chi connectivity index (χ3v) is 6.61. The summed E-state index contributed by atoms with van der Waals surface area (Å²) in [4.78, 5) is 17.5. The lowest BCUT2D eigenvalue weighted by Gasteiger charge is -2.28. The van der Waals surface area contributed by atoms with E-state index in [9.17, 15) is 9.18 Å². The van der Waals surface area contributed by atoms with Gasteiger partial charge >= 0.3 is 5.97 Å². The third-order valence-electron chi connectivity index (χ3n) is 5.54. The fraction of sp³-hybridized carbons (Fsp3) is 0.320. The van der Waals surface area contributed by atoms with Crippen LogP contribution < -0.4 is 14.8 Å². The van der Waals surface area contributed by atoms with Crippen LogP contribution in [-0.4, -0.2) is 40.2 Å². The molecule has 190 valence electrons. The molecular formula is C25H26ClFN4O4S. The van der Waals surface area contributed by atoms with E-state index in [4.69, 9.17) is 25.8 Å². The number of allylic oxidation sites excluding steroid dienone is 1. The summed E-state index contributed by atoms with van der Waals surface area (Å²) in [7, 11) is 1.51. The van der Waals surface area contributed by atoms with Gasteiger partial charge in [-0.1, -0.05) is 42.4 Å². The van der Waals surface area contributed by atoms with E-state index in [1.54, 1.807) is 42.8 Å². The van der Waals surface area contributed by atoms with Gasteiger partial charge < -0.3 is 19.5 Å². The van der Waals surface area contributed by atoms with Gasteiger partial charge in [0.15, 0.2) is 11.5 Å². The number of aromatic nitrogens is 3. The van der Waals surface area contributed by atoms with E-state index < -0.39 is 17.8 Å². The average Bonchev–Trinajstić information content (AvgIpc) is 3.25. The Kier molecular flexibility index (Phi) is 8.05. The summed E-state index contributed by atoms with van der Waals surface area (Å²) in [6.07, 6.45) is 0. The maximum atomic E-state index is 14.2. The number of hydrogen-bond donors (Lipinski definition) is 1. The molecule has 1 atom stereocenters. The molecule has 8 nitrogen and oxygen atoms in total. The van der Waals surface area contributed by atoms with Gasteiger partial charge in [0, 0.05) is 11.3 Å². The number of nitrogens with zero attached hydrogens (tertiary/aromatic N) is 3. The van der Waals surface area contributed by atoms with Crippen molar-refractivity contribution in [2.45, 2.75) is 38.6 Å². The number of thioether (sulfide) groups is 1. The molecule has 4 rings (SSSR count). The van der Waals surface area contributed by atoms with Crippen molar-refractivity contribution in [3.05, 3.63) is 69.6 Å². The normalized spacial score (nSPS) is 14.8. The minimum atomic E-state index is -0.608. The van der Waals surface area contributed by atoms with Crippen LogP contribution in [0.1, 0.15) is 37.9 Å². The quantitative estimate of drug-likeness (QED) is 0.280. The van der Waals surface area contributed by atoms with E-state index in [1.807, 2.05) is 6.92 Å². The number of hydrogen-bond acceptors (Lipinski definition) is 8. The molecule has 0 amide bonds. The summed E-state index contributed by atoms with van der Waals surface area (Å²) in [5.41, 5.74) is 2.00. The Hall–Kier alpha value is -3.24. The molecule has 3 aromatic rings. The molecule has 1 aromatic heterocycles. The lowest BCUT2D eigenvalue weighted by Crippen LogP contribution is -2.29. The molecule has 1 aliphatic rings. The molecule has 0 aliphatic carbocycles. The molecule has 0 radical (unpaired) electrons. The first-order chi connectivity index (χ1) is 17.4. The molecule has 11 heteroatoms. The van der Waals surface area contributed by atoms with Crippen LogP contribution in [-0.2, 0) is 16.1 Å². The summed E-state index contributed by atoms with van der Waals surface area (Å²) < 4.78 is 32.7. The summed E-state index contributed by atoms with van der Waals surface area (Å²) in [6.45, 7) is 5.73. The van der Waals surface area contributed by atoms with E-state index in [2.05, 4.69) is 15.4 Å². The molecular weight excluding hydrogens is 507 g/mol. The van der Waals surface area contributed by atoms with Gasteiger partial charge in [-0.2, -0.15) is 4.98 Å². The number of anilines is 1. The van der Waals surface area contributed by atoms with Crippen LogP contribution in [0.15, 0.2) is 52.8 Å².